The second-order valence-corrected chi connectivity index (χ2v) is 9.81. The van der Waals surface area contributed by atoms with Crippen molar-refractivity contribution in [3.8, 4) is 11.1 Å². The molecule has 0 saturated carbocycles. The lowest BCUT2D eigenvalue weighted by Crippen LogP contribution is -2.41. The number of hydrogen-bond acceptors (Lipinski definition) is 3. The number of amides is 1. The molecular formula is C21H25NO3S. The van der Waals surface area contributed by atoms with Crippen LogP contribution >= 0.6 is 0 Å². The van der Waals surface area contributed by atoms with Crippen LogP contribution in [0, 0.1) is 5.92 Å². The van der Waals surface area contributed by atoms with Gasteiger partial charge < -0.3 is 5.32 Å². The molecule has 138 valence electrons. The Balaban J connectivity index is 1.85. The first-order chi connectivity index (χ1) is 12.4. The molecule has 3 rings (SSSR count). The second-order valence-electron chi connectivity index (χ2n) is 7.21. The zero-order chi connectivity index (χ0) is 18.7. The van der Waals surface area contributed by atoms with Crippen LogP contribution in [-0.2, 0) is 14.6 Å². The lowest BCUT2D eigenvalue weighted by Gasteiger charge is -2.33. The highest BCUT2D eigenvalue weighted by Gasteiger charge is 2.34. The van der Waals surface area contributed by atoms with E-state index >= 15 is 0 Å². The predicted octanol–water partition coefficient (Wildman–Crippen LogP) is 3.74. The normalized spacial score (nSPS) is 20.8. The van der Waals surface area contributed by atoms with Gasteiger partial charge in [0, 0.05) is 6.42 Å². The summed E-state index contributed by atoms with van der Waals surface area (Å²) in [4.78, 5) is 11.9. The Kier molecular flexibility index (Phi) is 5.47. The van der Waals surface area contributed by atoms with Gasteiger partial charge in [-0.25, -0.2) is 8.42 Å². The van der Waals surface area contributed by atoms with E-state index in [1.165, 1.54) is 0 Å². The molecule has 2 aromatic rings. The summed E-state index contributed by atoms with van der Waals surface area (Å²) in [6.07, 6.45) is 0.986. The van der Waals surface area contributed by atoms with Crippen LogP contribution in [0.1, 0.15) is 38.3 Å². The minimum absolute atomic E-state index is 0.0136. The summed E-state index contributed by atoms with van der Waals surface area (Å²) < 4.78 is 24.8. The molecule has 1 aliphatic heterocycles. The Morgan fingerprint density at radius 2 is 1.62 bits per heavy atom. The molecule has 1 amide bonds. The third-order valence-corrected chi connectivity index (χ3v) is 7.40. The van der Waals surface area contributed by atoms with E-state index < -0.39 is 15.1 Å². The maximum Gasteiger partial charge on any atom is 0.220 e. The van der Waals surface area contributed by atoms with Gasteiger partial charge in [0.05, 0.1) is 17.0 Å². The number of hydrogen-bond donors (Lipinski definition) is 1. The van der Waals surface area contributed by atoms with Crippen molar-refractivity contribution < 1.29 is 13.2 Å². The fraction of sp³-hybridized carbons (Fsp3) is 0.381. The highest BCUT2D eigenvalue weighted by molar-refractivity contribution is 7.91. The highest BCUT2D eigenvalue weighted by atomic mass is 32.2. The first kappa shape index (κ1) is 18.6. The minimum atomic E-state index is -3.16. The molecule has 0 spiro atoms. The quantitative estimate of drug-likeness (QED) is 0.871. The van der Waals surface area contributed by atoms with Gasteiger partial charge in [0.25, 0.3) is 0 Å². The van der Waals surface area contributed by atoms with Gasteiger partial charge in [-0.15, -0.1) is 0 Å². The number of rotatable bonds is 5. The molecule has 1 heterocycles. The molecule has 1 aliphatic rings. The van der Waals surface area contributed by atoms with Crippen molar-refractivity contribution in [2.24, 2.45) is 5.92 Å². The monoisotopic (exact) mass is 371 g/mol. The topological polar surface area (TPSA) is 63.2 Å². The first-order valence-electron chi connectivity index (χ1n) is 9.03. The molecule has 26 heavy (non-hydrogen) atoms. The zero-order valence-electron chi connectivity index (χ0n) is 15.2. The maximum atomic E-state index is 12.4. The van der Waals surface area contributed by atoms with Crippen molar-refractivity contribution >= 4 is 15.7 Å². The molecule has 0 radical (unpaired) electrons. The summed E-state index contributed by atoms with van der Waals surface area (Å²) in [7, 11) is -3.16. The number of nitrogens with one attached hydrogen (secondary N) is 1. The van der Waals surface area contributed by atoms with Crippen molar-refractivity contribution in [3.63, 3.8) is 0 Å². The maximum absolute atomic E-state index is 12.4. The SMILES string of the molecule is CC(C)S(=O)(=O)C[C@H]1CCC(=O)N[C@@H]1c1ccc(-c2ccccc2)cc1. The lowest BCUT2D eigenvalue weighted by atomic mass is 9.86. The fourth-order valence-electron chi connectivity index (χ4n) is 3.39. The molecule has 1 saturated heterocycles. The average Bonchev–Trinajstić information content (AvgIpc) is 2.64. The van der Waals surface area contributed by atoms with E-state index in [0.29, 0.717) is 12.8 Å². The highest BCUT2D eigenvalue weighted by Crippen LogP contribution is 2.32. The molecule has 4 nitrogen and oxygen atoms in total. The van der Waals surface area contributed by atoms with Crippen LogP contribution in [0.4, 0.5) is 0 Å². The van der Waals surface area contributed by atoms with Gasteiger partial charge in [-0.05, 0) is 42.9 Å². The Morgan fingerprint density at radius 1 is 1.00 bits per heavy atom. The summed E-state index contributed by atoms with van der Waals surface area (Å²) >= 11 is 0. The summed E-state index contributed by atoms with van der Waals surface area (Å²) in [6, 6.07) is 17.9. The van der Waals surface area contributed by atoms with Crippen LogP contribution in [-0.4, -0.2) is 25.3 Å². The van der Waals surface area contributed by atoms with Gasteiger partial charge in [-0.2, -0.15) is 0 Å². The van der Waals surface area contributed by atoms with Crippen molar-refractivity contribution in [2.45, 2.75) is 38.0 Å². The van der Waals surface area contributed by atoms with Crippen LogP contribution < -0.4 is 5.32 Å². The predicted molar refractivity (Wildman–Crippen MR) is 104 cm³/mol. The van der Waals surface area contributed by atoms with Gasteiger partial charge in [-0.3, -0.25) is 4.79 Å². The van der Waals surface area contributed by atoms with Crippen molar-refractivity contribution in [3.05, 3.63) is 60.2 Å². The van der Waals surface area contributed by atoms with Gasteiger partial charge >= 0.3 is 0 Å². The van der Waals surface area contributed by atoms with Crippen LogP contribution in [0.25, 0.3) is 11.1 Å². The van der Waals surface area contributed by atoms with Gasteiger partial charge in [0.1, 0.15) is 0 Å². The molecule has 0 aromatic heterocycles. The minimum Gasteiger partial charge on any atom is -0.349 e. The molecule has 5 heteroatoms. The van der Waals surface area contributed by atoms with E-state index in [2.05, 4.69) is 17.4 Å². The van der Waals surface area contributed by atoms with E-state index in [4.69, 9.17) is 0 Å². The van der Waals surface area contributed by atoms with Crippen molar-refractivity contribution in [2.75, 3.05) is 5.75 Å². The third-order valence-electron chi connectivity index (χ3n) is 5.07. The molecule has 1 fully saturated rings. The molecule has 0 unspecified atom stereocenters. The average molecular weight is 372 g/mol. The molecule has 0 bridgehead atoms. The van der Waals surface area contributed by atoms with Gasteiger partial charge in [-0.1, -0.05) is 54.6 Å². The fourth-order valence-corrected chi connectivity index (χ4v) is 4.73. The van der Waals surface area contributed by atoms with E-state index in [0.717, 1.165) is 16.7 Å². The smallest absolute Gasteiger partial charge is 0.220 e. The summed E-state index contributed by atoms with van der Waals surface area (Å²) in [6.45, 7) is 3.42. The summed E-state index contributed by atoms with van der Waals surface area (Å²) in [5, 5.41) is 2.60. The first-order valence-corrected chi connectivity index (χ1v) is 10.7. The zero-order valence-corrected chi connectivity index (χ0v) is 16.0. The van der Waals surface area contributed by atoms with E-state index in [1.54, 1.807) is 13.8 Å². The number of benzene rings is 2. The van der Waals surface area contributed by atoms with Crippen LogP contribution in [0.3, 0.4) is 0 Å². The molecule has 1 N–H and O–H groups in total. The largest absolute Gasteiger partial charge is 0.349 e. The van der Waals surface area contributed by atoms with E-state index in [9.17, 15) is 13.2 Å². The summed E-state index contributed by atoms with van der Waals surface area (Å²) in [5.74, 6) is -0.00114. The van der Waals surface area contributed by atoms with E-state index in [-0.39, 0.29) is 23.6 Å². The Hall–Kier alpha value is -2.14. The number of carbonyl (C=O) groups excluding carboxylic acids is 1. The molecular weight excluding hydrogens is 346 g/mol. The molecule has 0 aliphatic carbocycles. The van der Waals surface area contributed by atoms with Crippen LogP contribution in [0.2, 0.25) is 0 Å². The standard InChI is InChI=1S/C21H25NO3S/c1-15(2)26(24,25)14-19-12-13-20(23)22-21(19)18-10-8-17(9-11-18)16-6-4-3-5-7-16/h3-11,15,19,21H,12-14H2,1-2H3,(H,22,23)/t19-,21-/m1/s1. The number of carbonyl (C=O) groups is 1. The Labute approximate surface area is 155 Å². The third kappa shape index (κ3) is 4.15. The van der Waals surface area contributed by atoms with Crippen LogP contribution in [0.15, 0.2) is 54.6 Å². The lowest BCUT2D eigenvalue weighted by molar-refractivity contribution is -0.124. The Morgan fingerprint density at radius 3 is 2.23 bits per heavy atom. The second kappa shape index (κ2) is 7.62. The van der Waals surface area contributed by atoms with Crippen molar-refractivity contribution in [1.82, 2.24) is 5.32 Å². The Bertz CT molecular complexity index is 858. The molecule has 2 aromatic carbocycles. The number of piperidine rings is 1. The summed E-state index contributed by atoms with van der Waals surface area (Å²) in [5.41, 5.74) is 3.19. The van der Waals surface area contributed by atoms with Crippen LogP contribution in [0.5, 0.6) is 0 Å². The molecule has 2 atom stereocenters. The van der Waals surface area contributed by atoms with E-state index in [1.807, 2.05) is 42.5 Å². The van der Waals surface area contributed by atoms with Crippen molar-refractivity contribution in [1.29, 1.82) is 0 Å². The number of sulfone groups is 1. The van der Waals surface area contributed by atoms with Gasteiger partial charge in [0.2, 0.25) is 5.91 Å². The van der Waals surface area contributed by atoms with Gasteiger partial charge in [0.15, 0.2) is 9.84 Å².